The van der Waals surface area contributed by atoms with Gasteiger partial charge in [0.25, 0.3) is 0 Å². The Morgan fingerprint density at radius 2 is 2.47 bits per heavy atom. The van der Waals surface area contributed by atoms with Gasteiger partial charge in [-0.3, -0.25) is 0 Å². The van der Waals surface area contributed by atoms with Gasteiger partial charge in [0.05, 0.1) is 6.20 Å². The van der Waals surface area contributed by atoms with Gasteiger partial charge in [-0.05, 0) is 29.9 Å². The molecule has 1 aliphatic carbocycles. The molecule has 82 valence electrons. The first-order chi connectivity index (χ1) is 7.05. The maximum Gasteiger partial charge on any atom is 0.224 e. The molecule has 1 aromatic rings. The Kier molecular flexibility index (Phi) is 2.54. The fourth-order valence-corrected chi connectivity index (χ4v) is 1.77. The van der Waals surface area contributed by atoms with Crippen LogP contribution in [0.2, 0.25) is 5.28 Å². The van der Waals surface area contributed by atoms with Crippen LogP contribution in [0.5, 0.6) is 0 Å². The van der Waals surface area contributed by atoms with Gasteiger partial charge in [-0.1, -0.05) is 13.8 Å². The van der Waals surface area contributed by atoms with Gasteiger partial charge >= 0.3 is 0 Å². The van der Waals surface area contributed by atoms with Crippen molar-refractivity contribution in [3.05, 3.63) is 17.3 Å². The molecule has 1 aromatic heterocycles. The van der Waals surface area contributed by atoms with E-state index in [1.807, 2.05) is 0 Å². The van der Waals surface area contributed by atoms with E-state index in [0.29, 0.717) is 6.04 Å². The first kappa shape index (κ1) is 10.6. The van der Waals surface area contributed by atoms with E-state index in [0.717, 1.165) is 19.0 Å². The van der Waals surface area contributed by atoms with Crippen molar-refractivity contribution in [2.24, 2.45) is 5.41 Å². The van der Waals surface area contributed by atoms with Gasteiger partial charge in [0, 0.05) is 6.04 Å². The van der Waals surface area contributed by atoms with Crippen LogP contribution in [-0.2, 0) is 0 Å². The van der Waals surface area contributed by atoms with Crippen LogP contribution in [0, 0.1) is 11.2 Å². The molecule has 5 heteroatoms. The molecule has 1 heterocycles. The summed E-state index contributed by atoms with van der Waals surface area (Å²) in [5.74, 6) is -0.248. The Balaban J connectivity index is 2.09. The van der Waals surface area contributed by atoms with Crippen molar-refractivity contribution in [3.8, 4) is 0 Å². The summed E-state index contributed by atoms with van der Waals surface area (Å²) >= 11 is 5.60. The maximum absolute atomic E-state index is 13.3. The monoisotopic (exact) mass is 229 g/mol. The van der Waals surface area contributed by atoms with Crippen LogP contribution >= 0.6 is 11.6 Å². The molecule has 0 aromatic carbocycles. The predicted octanol–water partition coefficient (Wildman–Crippen LogP) is 2.87. The topological polar surface area (TPSA) is 37.8 Å². The quantitative estimate of drug-likeness (QED) is 0.810. The number of hydrogen-bond donors (Lipinski definition) is 1. The molecule has 2 atom stereocenters. The fraction of sp³-hybridized carbons (Fsp3) is 0.600. The Bertz CT molecular complexity index is 385. The van der Waals surface area contributed by atoms with Crippen molar-refractivity contribution in [2.45, 2.75) is 32.7 Å². The minimum Gasteiger partial charge on any atom is -0.364 e. The Hall–Kier alpha value is -0.900. The highest BCUT2D eigenvalue weighted by atomic mass is 35.5. The molecule has 1 N–H and O–H groups in total. The minimum atomic E-state index is -0.454. The number of aromatic nitrogens is 2. The molecular weight excluding hydrogens is 217 g/mol. The van der Waals surface area contributed by atoms with E-state index in [2.05, 4.69) is 29.1 Å². The molecular formula is C10H13ClFN3. The molecule has 0 aliphatic heterocycles. The van der Waals surface area contributed by atoms with Gasteiger partial charge in [0.15, 0.2) is 11.6 Å². The molecule has 0 radical (unpaired) electrons. The Morgan fingerprint density at radius 1 is 1.73 bits per heavy atom. The second kappa shape index (κ2) is 3.59. The molecule has 1 fully saturated rings. The van der Waals surface area contributed by atoms with Crippen molar-refractivity contribution < 1.29 is 4.39 Å². The zero-order valence-electron chi connectivity index (χ0n) is 8.72. The lowest BCUT2D eigenvalue weighted by Gasteiger charge is -2.10. The van der Waals surface area contributed by atoms with Gasteiger partial charge in [-0.2, -0.15) is 4.98 Å². The van der Waals surface area contributed by atoms with E-state index in [1.54, 1.807) is 0 Å². The second-order valence-electron chi connectivity index (χ2n) is 4.24. The number of nitrogens with one attached hydrogen (secondary N) is 1. The van der Waals surface area contributed by atoms with E-state index in [4.69, 9.17) is 11.6 Å². The predicted molar refractivity (Wildman–Crippen MR) is 57.4 cm³/mol. The first-order valence-electron chi connectivity index (χ1n) is 5.00. The Labute approximate surface area is 93.1 Å². The fourth-order valence-electron chi connectivity index (χ4n) is 1.64. The summed E-state index contributed by atoms with van der Waals surface area (Å²) in [4.78, 5) is 7.38. The van der Waals surface area contributed by atoms with Gasteiger partial charge in [0.2, 0.25) is 5.28 Å². The minimum absolute atomic E-state index is 0.0674. The van der Waals surface area contributed by atoms with Gasteiger partial charge in [-0.15, -0.1) is 0 Å². The van der Waals surface area contributed by atoms with Gasteiger partial charge < -0.3 is 5.32 Å². The summed E-state index contributed by atoms with van der Waals surface area (Å²) in [6, 6.07) is 0.294. The average molecular weight is 230 g/mol. The highest BCUT2D eigenvalue weighted by Gasteiger charge is 2.48. The Morgan fingerprint density at radius 3 is 3.07 bits per heavy atom. The van der Waals surface area contributed by atoms with Crippen LogP contribution < -0.4 is 5.32 Å². The first-order valence-corrected chi connectivity index (χ1v) is 5.37. The normalized spacial score (nSPS) is 28.9. The maximum atomic E-state index is 13.3. The van der Waals surface area contributed by atoms with Crippen molar-refractivity contribution >= 4 is 17.4 Å². The summed E-state index contributed by atoms with van der Waals surface area (Å²) in [7, 11) is 0. The standard InChI is InChI=1S/C10H13ClFN3/c1-3-10(2)4-7(10)14-8-6(12)5-13-9(11)15-8/h5,7H,3-4H2,1-2H3,(H,13,14,15). The number of rotatable bonds is 3. The zero-order valence-corrected chi connectivity index (χ0v) is 9.48. The third-order valence-corrected chi connectivity index (χ3v) is 3.37. The zero-order chi connectivity index (χ0) is 11.1. The molecule has 1 aliphatic rings. The van der Waals surface area contributed by atoms with E-state index in [-0.39, 0.29) is 16.5 Å². The lowest BCUT2D eigenvalue weighted by molar-refractivity contribution is 0.532. The number of hydrogen-bond acceptors (Lipinski definition) is 3. The highest BCUT2D eigenvalue weighted by Crippen LogP contribution is 2.49. The smallest absolute Gasteiger partial charge is 0.224 e. The largest absolute Gasteiger partial charge is 0.364 e. The lowest BCUT2D eigenvalue weighted by atomic mass is 10.1. The molecule has 15 heavy (non-hydrogen) atoms. The van der Waals surface area contributed by atoms with Crippen molar-refractivity contribution in [1.29, 1.82) is 0 Å². The van der Waals surface area contributed by atoms with Crippen molar-refractivity contribution in [1.82, 2.24) is 9.97 Å². The van der Waals surface area contributed by atoms with Crippen LogP contribution in [0.1, 0.15) is 26.7 Å². The van der Waals surface area contributed by atoms with Crippen molar-refractivity contribution in [2.75, 3.05) is 5.32 Å². The summed E-state index contributed by atoms with van der Waals surface area (Å²) in [6.45, 7) is 4.30. The van der Waals surface area contributed by atoms with Crippen LogP contribution in [0.3, 0.4) is 0 Å². The molecule has 3 nitrogen and oxygen atoms in total. The van der Waals surface area contributed by atoms with E-state index >= 15 is 0 Å². The van der Waals surface area contributed by atoms with E-state index in [9.17, 15) is 4.39 Å². The summed E-state index contributed by atoms with van der Waals surface area (Å²) in [6.07, 6.45) is 3.21. The lowest BCUT2D eigenvalue weighted by Crippen LogP contribution is -2.13. The molecule has 2 unspecified atom stereocenters. The van der Waals surface area contributed by atoms with Crippen LogP contribution in [0.15, 0.2) is 6.20 Å². The summed E-state index contributed by atoms with van der Waals surface area (Å²) < 4.78 is 13.3. The molecule has 0 saturated heterocycles. The van der Waals surface area contributed by atoms with E-state index in [1.165, 1.54) is 0 Å². The van der Waals surface area contributed by atoms with Crippen LogP contribution in [0.25, 0.3) is 0 Å². The molecule has 1 saturated carbocycles. The third kappa shape index (κ3) is 2.04. The SMILES string of the molecule is CCC1(C)CC1Nc1nc(Cl)ncc1F. The third-order valence-electron chi connectivity index (χ3n) is 3.18. The molecule has 0 spiro atoms. The van der Waals surface area contributed by atoms with Gasteiger partial charge in [0.1, 0.15) is 0 Å². The molecule has 2 rings (SSSR count). The van der Waals surface area contributed by atoms with Crippen LogP contribution in [-0.4, -0.2) is 16.0 Å². The average Bonchev–Trinajstić information content (AvgIpc) is 2.84. The van der Waals surface area contributed by atoms with Crippen LogP contribution in [0.4, 0.5) is 10.2 Å². The number of anilines is 1. The van der Waals surface area contributed by atoms with E-state index < -0.39 is 5.82 Å². The molecule has 0 bridgehead atoms. The van der Waals surface area contributed by atoms with Gasteiger partial charge in [-0.25, -0.2) is 9.37 Å². The molecule has 0 amide bonds. The number of halogens is 2. The number of nitrogens with zero attached hydrogens (tertiary/aromatic N) is 2. The highest BCUT2D eigenvalue weighted by molar-refractivity contribution is 6.28. The summed E-state index contributed by atoms with van der Waals surface area (Å²) in [5, 5.41) is 3.12. The second-order valence-corrected chi connectivity index (χ2v) is 4.58. The summed E-state index contributed by atoms with van der Waals surface area (Å²) in [5.41, 5.74) is 0.268. The van der Waals surface area contributed by atoms with Crippen molar-refractivity contribution in [3.63, 3.8) is 0 Å².